The minimum absolute atomic E-state index is 0.830. The van der Waals surface area contributed by atoms with E-state index in [0.717, 1.165) is 33.7 Å². The second-order valence-corrected chi connectivity index (χ2v) is 3.95. The van der Waals surface area contributed by atoms with Gasteiger partial charge in [-0.05, 0) is 12.1 Å². The van der Waals surface area contributed by atoms with Gasteiger partial charge in [0.25, 0.3) is 0 Å². The molecular weight excluding hydrogens is 212 g/mol. The van der Waals surface area contributed by atoms with E-state index in [1.807, 2.05) is 24.3 Å². The number of aromatic nitrogens is 3. The van der Waals surface area contributed by atoms with E-state index in [1.165, 1.54) is 0 Å². The highest BCUT2D eigenvalue weighted by Crippen LogP contribution is 2.39. The SMILES string of the molecule is c1ccc2c(c1)Nc1nccc3ncnc-2c13. The fourth-order valence-corrected chi connectivity index (χ4v) is 2.23. The van der Waals surface area contributed by atoms with Gasteiger partial charge < -0.3 is 5.32 Å². The lowest BCUT2D eigenvalue weighted by atomic mass is 10.0. The lowest BCUT2D eigenvalue weighted by Gasteiger charge is -2.19. The zero-order valence-corrected chi connectivity index (χ0v) is 8.88. The van der Waals surface area contributed by atoms with E-state index in [2.05, 4.69) is 26.3 Å². The zero-order valence-electron chi connectivity index (χ0n) is 8.88. The van der Waals surface area contributed by atoms with Crippen LogP contribution in [-0.2, 0) is 0 Å². The third-order valence-corrected chi connectivity index (χ3v) is 2.98. The Hall–Kier alpha value is -2.49. The average molecular weight is 220 g/mol. The van der Waals surface area contributed by atoms with Crippen molar-refractivity contribution in [2.45, 2.75) is 0 Å². The molecule has 1 aliphatic rings. The Morgan fingerprint density at radius 1 is 0.941 bits per heavy atom. The summed E-state index contributed by atoms with van der Waals surface area (Å²) in [5.41, 5.74) is 4.01. The van der Waals surface area contributed by atoms with E-state index in [9.17, 15) is 0 Å². The van der Waals surface area contributed by atoms with Crippen molar-refractivity contribution in [2.24, 2.45) is 0 Å². The molecule has 2 aromatic heterocycles. The summed E-state index contributed by atoms with van der Waals surface area (Å²) in [6, 6.07) is 9.99. The van der Waals surface area contributed by atoms with Gasteiger partial charge in [-0.3, -0.25) is 0 Å². The van der Waals surface area contributed by atoms with Gasteiger partial charge in [-0.1, -0.05) is 18.2 Å². The molecule has 0 aliphatic carbocycles. The van der Waals surface area contributed by atoms with Crippen LogP contribution in [0.3, 0.4) is 0 Å². The molecular formula is C13H8N4. The minimum Gasteiger partial charge on any atom is -0.339 e. The van der Waals surface area contributed by atoms with Crippen molar-refractivity contribution in [3.8, 4) is 11.3 Å². The number of fused-ring (bicyclic) bond motifs is 2. The Labute approximate surface area is 97.4 Å². The first-order valence-electron chi connectivity index (χ1n) is 5.39. The number of rotatable bonds is 0. The van der Waals surface area contributed by atoms with Crippen LogP contribution < -0.4 is 5.32 Å². The minimum atomic E-state index is 0.830. The molecule has 80 valence electrons. The van der Waals surface area contributed by atoms with Gasteiger partial charge >= 0.3 is 0 Å². The van der Waals surface area contributed by atoms with E-state index in [1.54, 1.807) is 12.5 Å². The third kappa shape index (κ3) is 1.09. The molecule has 0 bridgehead atoms. The van der Waals surface area contributed by atoms with E-state index in [0.29, 0.717) is 0 Å². The molecule has 0 saturated heterocycles. The number of pyridine rings is 1. The summed E-state index contributed by atoms with van der Waals surface area (Å²) in [5.74, 6) is 0.830. The summed E-state index contributed by atoms with van der Waals surface area (Å²) >= 11 is 0. The fraction of sp³-hybridized carbons (Fsp3) is 0. The van der Waals surface area contributed by atoms with E-state index < -0.39 is 0 Å². The maximum Gasteiger partial charge on any atom is 0.142 e. The predicted molar refractivity (Wildman–Crippen MR) is 66.1 cm³/mol. The number of hydrogen-bond acceptors (Lipinski definition) is 4. The van der Waals surface area contributed by atoms with Gasteiger partial charge in [-0.15, -0.1) is 0 Å². The maximum atomic E-state index is 4.39. The van der Waals surface area contributed by atoms with Crippen LogP contribution in [0.2, 0.25) is 0 Å². The van der Waals surface area contributed by atoms with Crippen molar-refractivity contribution in [1.29, 1.82) is 0 Å². The first kappa shape index (κ1) is 8.64. The van der Waals surface area contributed by atoms with Gasteiger partial charge in [0, 0.05) is 17.4 Å². The molecule has 0 unspecified atom stereocenters. The van der Waals surface area contributed by atoms with Crippen LogP contribution in [0, 0.1) is 0 Å². The molecule has 0 radical (unpaired) electrons. The van der Waals surface area contributed by atoms with Crippen LogP contribution in [-0.4, -0.2) is 15.0 Å². The number of nitrogens with zero attached hydrogens (tertiary/aromatic N) is 3. The van der Waals surface area contributed by atoms with Gasteiger partial charge in [-0.25, -0.2) is 15.0 Å². The number of para-hydroxylation sites is 1. The van der Waals surface area contributed by atoms with Crippen molar-refractivity contribution in [3.05, 3.63) is 42.9 Å². The summed E-state index contributed by atoms with van der Waals surface area (Å²) in [5, 5.41) is 4.31. The van der Waals surface area contributed by atoms with Crippen LogP contribution in [0.25, 0.3) is 22.2 Å². The van der Waals surface area contributed by atoms with E-state index in [-0.39, 0.29) is 0 Å². The highest BCUT2D eigenvalue weighted by Gasteiger charge is 2.19. The van der Waals surface area contributed by atoms with Crippen LogP contribution >= 0.6 is 0 Å². The molecule has 4 nitrogen and oxygen atoms in total. The Morgan fingerprint density at radius 3 is 2.88 bits per heavy atom. The zero-order chi connectivity index (χ0) is 11.2. The summed E-state index contributed by atoms with van der Waals surface area (Å²) < 4.78 is 0. The van der Waals surface area contributed by atoms with Gasteiger partial charge in [0.1, 0.15) is 12.1 Å². The molecule has 0 saturated carbocycles. The predicted octanol–water partition coefficient (Wildman–Crippen LogP) is 2.75. The van der Waals surface area contributed by atoms with Crippen molar-refractivity contribution in [1.82, 2.24) is 15.0 Å². The smallest absolute Gasteiger partial charge is 0.142 e. The van der Waals surface area contributed by atoms with Crippen LogP contribution in [0.15, 0.2) is 42.9 Å². The lowest BCUT2D eigenvalue weighted by molar-refractivity contribution is 1.20. The van der Waals surface area contributed by atoms with Gasteiger partial charge in [0.2, 0.25) is 0 Å². The topological polar surface area (TPSA) is 50.7 Å². The molecule has 0 spiro atoms. The van der Waals surface area contributed by atoms with E-state index in [4.69, 9.17) is 0 Å². The fourth-order valence-electron chi connectivity index (χ4n) is 2.23. The molecule has 17 heavy (non-hydrogen) atoms. The first-order valence-corrected chi connectivity index (χ1v) is 5.39. The highest BCUT2D eigenvalue weighted by atomic mass is 15.0. The third-order valence-electron chi connectivity index (χ3n) is 2.98. The molecule has 0 amide bonds. The van der Waals surface area contributed by atoms with Crippen molar-refractivity contribution >= 4 is 22.4 Å². The van der Waals surface area contributed by atoms with Gasteiger partial charge in [0.05, 0.1) is 16.6 Å². The Morgan fingerprint density at radius 2 is 1.88 bits per heavy atom. The number of benzene rings is 1. The van der Waals surface area contributed by atoms with Crippen LogP contribution in [0.4, 0.5) is 11.5 Å². The molecule has 4 heteroatoms. The van der Waals surface area contributed by atoms with Gasteiger partial charge in [-0.2, -0.15) is 0 Å². The van der Waals surface area contributed by atoms with Crippen molar-refractivity contribution < 1.29 is 0 Å². The second kappa shape index (κ2) is 3.01. The molecule has 1 aromatic carbocycles. The summed E-state index contributed by atoms with van der Waals surface area (Å²) in [4.78, 5) is 13.0. The molecule has 4 rings (SSSR count). The quantitative estimate of drug-likeness (QED) is 0.495. The molecule has 0 atom stereocenters. The molecule has 1 N–H and O–H groups in total. The van der Waals surface area contributed by atoms with Crippen molar-refractivity contribution in [3.63, 3.8) is 0 Å². The number of nitrogens with one attached hydrogen (secondary N) is 1. The lowest BCUT2D eigenvalue weighted by Crippen LogP contribution is -2.04. The largest absolute Gasteiger partial charge is 0.339 e. The number of hydrogen-bond donors (Lipinski definition) is 1. The summed E-state index contributed by atoms with van der Waals surface area (Å²) in [6.45, 7) is 0. The first-order chi connectivity index (χ1) is 8.43. The average Bonchev–Trinajstić information content (AvgIpc) is 2.39. The molecule has 0 fully saturated rings. The monoisotopic (exact) mass is 220 g/mol. The van der Waals surface area contributed by atoms with Crippen LogP contribution in [0.1, 0.15) is 0 Å². The normalized spacial score (nSPS) is 12.0. The van der Waals surface area contributed by atoms with E-state index >= 15 is 0 Å². The maximum absolute atomic E-state index is 4.39. The van der Waals surface area contributed by atoms with Crippen molar-refractivity contribution in [2.75, 3.05) is 5.32 Å². The van der Waals surface area contributed by atoms with Crippen LogP contribution in [0.5, 0.6) is 0 Å². The molecule has 3 aromatic rings. The summed E-state index contributed by atoms with van der Waals surface area (Å²) in [7, 11) is 0. The summed E-state index contributed by atoms with van der Waals surface area (Å²) in [6.07, 6.45) is 3.36. The number of anilines is 2. The Balaban J connectivity index is 2.22. The molecule has 1 aliphatic heterocycles. The highest BCUT2D eigenvalue weighted by molar-refractivity contribution is 6.06. The molecule has 3 heterocycles. The second-order valence-electron chi connectivity index (χ2n) is 3.95. The van der Waals surface area contributed by atoms with Gasteiger partial charge in [0.15, 0.2) is 0 Å². The Bertz CT molecular complexity index is 731. The standard InChI is InChI=1S/C13H8N4/c1-2-4-9-8(3-1)12-11-10(15-7-16-12)5-6-14-13(11)17-9/h1-7H,(H,14,17). The Kier molecular flexibility index (Phi) is 1.53.